The van der Waals surface area contributed by atoms with E-state index in [9.17, 15) is 0 Å². The molecule has 1 saturated heterocycles. The summed E-state index contributed by atoms with van der Waals surface area (Å²) < 4.78 is 0. The lowest BCUT2D eigenvalue weighted by Crippen LogP contribution is -2.22. The van der Waals surface area contributed by atoms with E-state index in [1.807, 2.05) is 36.5 Å². The molecule has 1 heterocycles. The van der Waals surface area contributed by atoms with Crippen molar-refractivity contribution in [2.45, 2.75) is 25.5 Å². The van der Waals surface area contributed by atoms with Gasteiger partial charge in [0.05, 0.1) is 6.21 Å². The third-order valence-electron chi connectivity index (χ3n) is 2.49. The van der Waals surface area contributed by atoms with E-state index >= 15 is 0 Å². The third kappa shape index (κ3) is 3.36. The summed E-state index contributed by atoms with van der Waals surface area (Å²) in [6.07, 6.45) is 4.25. The fourth-order valence-corrected chi connectivity index (χ4v) is 1.64. The number of nitrogens with zero attached hydrogens (tertiary/aromatic N) is 1. The lowest BCUT2D eigenvalue weighted by Gasteiger charge is -2.02. The van der Waals surface area contributed by atoms with Crippen molar-refractivity contribution in [3.8, 4) is 0 Å². The van der Waals surface area contributed by atoms with E-state index in [0.29, 0.717) is 12.6 Å². The Bertz CT molecular complexity index is 305. The number of rotatable bonds is 4. The smallest absolute Gasteiger partial charge is 0.142 e. The molecule has 2 rings (SSSR count). The van der Waals surface area contributed by atoms with Crippen LogP contribution in [0, 0.1) is 0 Å². The van der Waals surface area contributed by atoms with Crippen LogP contribution < -0.4 is 5.32 Å². The molecular weight excluding hydrogens is 188 g/mol. The minimum absolute atomic E-state index is 0.403. The first-order valence-electron chi connectivity index (χ1n) is 5.38. The van der Waals surface area contributed by atoms with Gasteiger partial charge in [0.15, 0.2) is 0 Å². The minimum atomic E-state index is 0.403. The summed E-state index contributed by atoms with van der Waals surface area (Å²) in [6, 6.07) is 10.5. The molecule has 1 aliphatic rings. The van der Waals surface area contributed by atoms with Crippen LogP contribution in [0.25, 0.3) is 0 Å². The fraction of sp³-hybridized carbons (Fsp3) is 0.417. The molecule has 0 saturated carbocycles. The van der Waals surface area contributed by atoms with Crippen LogP contribution in [-0.2, 0) is 11.4 Å². The molecule has 1 aliphatic heterocycles. The standard InChI is InChI=1S/C12H16N2O/c1-2-5-11(6-3-1)10-15-14-9-12-7-4-8-13-12/h1-3,5-6,9,12-13H,4,7-8,10H2/b14-9-. The van der Waals surface area contributed by atoms with Gasteiger partial charge in [-0.05, 0) is 24.9 Å². The summed E-state index contributed by atoms with van der Waals surface area (Å²) in [7, 11) is 0. The van der Waals surface area contributed by atoms with Crippen LogP contribution in [0.5, 0.6) is 0 Å². The lowest BCUT2D eigenvalue weighted by molar-refractivity contribution is 0.131. The van der Waals surface area contributed by atoms with Gasteiger partial charge in [-0.3, -0.25) is 0 Å². The summed E-state index contributed by atoms with van der Waals surface area (Å²) in [5.74, 6) is 0. The second kappa shape index (κ2) is 5.51. The van der Waals surface area contributed by atoms with Gasteiger partial charge in [0.25, 0.3) is 0 Å². The maximum absolute atomic E-state index is 5.21. The van der Waals surface area contributed by atoms with Gasteiger partial charge in [-0.2, -0.15) is 0 Å². The molecule has 0 radical (unpaired) electrons. The topological polar surface area (TPSA) is 33.6 Å². The van der Waals surface area contributed by atoms with E-state index in [2.05, 4.69) is 10.5 Å². The zero-order valence-electron chi connectivity index (χ0n) is 8.73. The monoisotopic (exact) mass is 204 g/mol. The summed E-state index contributed by atoms with van der Waals surface area (Å²) in [5.41, 5.74) is 1.15. The normalized spacial score (nSPS) is 20.9. The largest absolute Gasteiger partial charge is 0.391 e. The highest BCUT2D eigenvalue weighted by Gasteiger charge is 2.10. The number of hydrogen-bond acceptors (Lipinski definition) is 3. The second-order valence-corrected chi connectivity index (χ2v) is 3.72. The van der Waals surface area contributed by atoms with E-state index in [4.69, 9.17) is 4.84 Å². The third-order valence-corrected chi connectivity index (χ3v) is 2.49. The average Bonchev–Trinajstić information content (AvgIpc) is 2.79. The quantitative estimate of drug-likeness (QED) is 0.600. The van der Waals surface area contributed by atoms with E-state index < -0.39 is 0 Å². The Morgan fingerprint density at radius 1 is 1.40 bits per heavy atom. The molecule has 0 aromatic heterocycles. The van der Waals surface area contributed by atoms with Crippen molar-refractivity contribution < 1.29 is 4.84 Å². The van der Waals surface area contributed by atoms with Crippen LogP contribution in [0.3, 0.4) is 0 Å². The van der Waals surface area contributed by atoms with Crippen molar-refractivity contribution in [1.82, 2.24) is 5.32 Å². The van der Waals surface area contributed by atoms with E-state index in [0.717, 1.165) is 18.5 Å². The molecular formula is C12H16N2O. The molecule has 1 aromatic carbocycles. The first-order valence-corrected chi connectivity index (χ1v) is 5.38. The molecule has 1 fully saturated rings. The van der Waals surface area contributed by atoms with Crippen molar-refractivity contribution in [2.24, 2.45) is 5.16 Å². The van der Waals surface area contributed by atoms with Crippen molar-refractivity contribution in [3.63, 3.8) is 0 Å². The van der Waals surface area contributed by atoms with Crippen LogP contribution in [0.4, 0.5) is 0 Å². The maximum atomic E-state index is 5.21. The van der Waals surface area contributed by atoms with Gasteiger partial charge in [-0.25, -0.2) is 0 Å². The molecule has 0 bridgehead atoms. The van der Waals surface area contributed by atoms with E-state index in [1.165, 1.54) is 6.42 Å². The van der Waals surface area contributed by atoms with Crippen LogP contribution in [-0.4, -0.2) is 18.8 Å². The van der Waals surface area contributed by atoms with Gasteiger partial charge in [0.1, 0.15) is 6.61 Å². The summed E-state index contributed by atoms with van der Waals surface area (Å²) >= 11 is 0. The SMILES string of the molecule is C(=N/OCc1ccccc1)/C1CCCN1. The van der Waals surface area contributed by atoms with Crippen molar-refractivity contribution in [3.05, 3.63) is 35.9 Å². The Morgan fingerprint density at radius 3 is 3.00 bits per heavy atom. The second-order valence-electron chi connectivity index (χ2n) is 3.72. The van der Waals surface area contributed by atoms with Gasteiger partial charge < -0.3 is 10.2 Å². The number of benzene rings is 1. The molecule has 1 aromatic rings. The number of oxime groups is 1. The highest BCUT2D eigenvalue weighted by atomic mass is 16.6. The van der Waals surface area contributed by atoms with Gasteiger partial charge >= 0.3 is 0 Å². The predicted octanol–water partition coefficient (Wildman–Crippen LogP) is 1.94. The van der Waals surface area contributed by atoms with Gasteiger partial charge in [0.2, 0.25) is 0 Å². The Labute approximate surface area is 90.1 Å². The van der Waals surface area contributed by atoms with Crippen LogP contribution >= 0.6 is 0 Å². The number of hydrogen-bond donors (Lipinski definition) is 1. The Balaban J connectivity index is 1.70. The van der Waals surface area contributed by atoms with Crippen LogP contribution in [0.1, 0.15) is 18.4 Å². The molecule has 1 atom stereocenters. The summed E-state index contributed by atoms with van der Waals surface area (Å²) in [5, 5.41) is 7.29. The maximum Gasteiger partial charge on any atom is 0.142 e. The van der Waals surface area contributed by atoms with Crippen molar-refractivity contribution >= 4 is 6.21 Å². The van der Waals surface area contributed by atoms with Gasteiger partial charge in [-0.1, -0.05) is 35.5 Å². The Hall–Kier alpha value is -1.35. The van der Waals surface area contributed by atoms with E-state index in [-0.39, 0.29) is 0 Å². The zero-order chi connectivity index (χ0) is 10.3. The van der Waals surface area contributed by atoms with Crippen molar-refractivity contribution in [1.29, 1.82) is 0 Å². The van der Waals surface area contributed by atoms with Crippen LogP contribution in [0.15, 0.2) is 35.5 Å². The number of nitrogens with one attached hydrogen (secondary N) is 1. The molecule has 0 spiro atoms. The van der Waals surface area contributed by atoms with E-state index in [1.54, 1.807) is 0 Å². The summed E-state index contributed by atoms with van der Waals surface area (Å²) in [4.78, 5) is 5.21. The molecule has 15 heavy (non-hydrogen) atoms. The molecule has 0 amide bonds. The molecule has 3 heteroatoms. The molecule has 1 N–H and O–H groups in total. The average molecular weight is 204 g/mol. The van der Waals surface area contributed by atoms with Crippen molar-refractivity contribution in [2.75, 3.05) is 6.54 Å². The predicted molar refractivity (Wildman–Crippen MR) is 60.7 cm³/mol. The molecule has 3 nitrogen and oxygen atoms in total. The van der Waals surface area contributed by atoms with Crippen LogP contribution in [0.2, 0.25) is 0 Å². The highest BCUT2D eigenvalue weighted by molar-refractivity contribution is 5.64. The molecule has 0 aliphatic carbocycles. The van der Waals surface area contributed by atoms with Gasteiger partial charge in [0, 0.05) is 6.04 Å². The lowest BCUT2D eigenvalue weighted by atomic mass is 10.2. The zero-order valence-corrected chi connectivity index (χ0v) is 8.73. The first-order chi connectivity index (χ1) is 7.45. The Kier molecular flexibility index (Phi) is 3.74. The molecule has 80 valence electrons. The van der Waals surface area contributed by atoms with Gasteiger partial charge in [-0.15, -0.1) is 0 Å². The molecule has 1 unspecified atom stereocenters. The fourth-order valence-electron chi connectivity index (χ4n) is 1.64. The summed E-state index contributed by atoms with van der Waals surface area (Å²) in [6.45, 7) is 1.64. The Morgan fingerprint density at radius 2 is 2.27 bits per heavy atom. The first kappa shape index (κ1) is 10.2. The highest BCUT2D eigenvalue weighted by Crippen LogP contribution is 2.03. The minimum Gasteiger partial charge on any atom is -0.391 e.